The Kier molecular flexibility index (Phi) is 3.03. The summed E-state index contributed by atoms with van der Waals surface area (Å²) < 4.78 is 5.86. The van der Waals surface area contributed by atoms with Gasteiger partial charge < -0.3 is 20.6 Å². The lowest BCUT2D eigenvalue weighted by Gasteiger charge is -2.37. The second kappa shape index (κ2) is 4.61. The molecule has 0 spiro atoms. The fourth-order valence-corrected chi connectivity index (χ4v) is 3.10. The number of carbonyl (C=O) groups is 1. The largest absolute Gasteiger partial charge is 0.481 e. The number of ether oxygens (including phenoxy) is 1. The van der Waals surface area contributed by atoms with Gasteiger partial charge in [-0.2, -0.15) is 0 Å². The number of fused-ring (bicyclic) bond motifs is 3. The third-order valence-electron chi connectivity index (χ3n) is 4.12. The number of nitrogens with one attached hydrogen (secondary N) is 1. The summed E-state index contributed by atoms with van der Waals surface area (Å²) >= 11 is 0. The van der Waals surface area contributed by atoms with Crippen molar-refractivity contribution in [3.8, 4) is 0 Å². The highest BCUT2D eigenvalue weighted by Gasteiger charge is 2.43. The van der Waals surface area contributed by atoms with Crippen LogP contribution in [0.1, 0.15) is 37.1 Å². The van der Waals surface area contributed by atoms with Gasteiger partial charge >= 0.3 is 5.97 Å². The summed E-state index contributed by atoms with van der Waals surface area (Å²) in [6.45, 7) is 2.28. The van der Waals surface area contributed by atoms with Gasteiger partial charge in [0.25, 0.3) is 0 Å². The van der Waals surface area contributed by atoms with Gasteiger partial charge in [-0.05, 0) is 12.5 Å². The summed E-state index contributed by atoms with van der Waals surface area (Å²) in [5.41, 5.74) is 8.15. The highest BCUT2D eigenvalue weighted by Crippen LogP contribution is 2.44. The first kappa shape index (κ1) is 13.1. The molecule has 0 radical (unpaired) electrons. The van der Waals surface area contributed by atoms with E-state index in [2.05, 4.69) is 4.98 Å². The Balaban J connectivity index is 2.24. The Morgan fingerprint density at radius 2 is 2.30 bits per heavy atom. The molecule has 0 saturated heterocycles. The minimum absolute atomic E-state index is 0.0595. The number of rotatable bonds is 3. The lowest BCUT2D eigenvalue weighted by molar-refractivity contribution is -0.149. The lowest BCUT2D eigenvalue weighted by atomic mass is 9.85. The van der Waals surface area contributed by atoms with E-state index < -0.39 is 11.6 Å². The van der Waals surface area contributed by atoms with E-state index in [-0.39, 0.29) is 12.5 Å². The third-order valence-corrected chi connectivity index (χ3v) is 4.12. The number of benzene rings is 1. The number of nitrogens with two attached hydrogens (primary N) is 1. The topological polar surface area (TPSA) is 88.3 Å². The van der Waals surface area contributed by atoms with Gasteiger partial charge in [0.2, 0.25) is 0 Å². The molecule has 5 nitrogen and oxygen atoms in total. The predicted molar refractivity (Wildman–Crippen MR) is 75.4 cm³/mol. The van der Waals surface area contributed by atoms with Crippen molar-refractivity contribution in [2.75, 3.05) is 6.61 Å². The van der Waals surface area contributed by atoms with Gasteiger partial charge in [0, 0.05) is 16.5 Å². The van der Waals surface area contributed by atoms with Gasteiger partial charge in [-0.15, -0.1) is 0 Å². The van der Waals surface area contributed by atoms with Crippen molar-refractivity contribution in [2.24, 2.45) is 5.73 Å². The fraction of sp³-hybridized carbons (Fsp3) is 0.400. The number of H-pyrrole nitrogens is 1. The zero-order chi connectivity index (χ0) is 14.3. The molecule has 0 aliphatic carbocycles. The molecule has 1 aliphatic heterocycles. The Morgan fingerprint density at radius 3 is 3.00 bits per heavy atom. The third kappa shape index (κ3) is 1.82. The summed E-state index contributed by atoms with van der Waals surface area (Å²) in [6, 6.07) is 7.67. The van der Waals surface area contributed by atoms with Crippen molar-refractivity contribution in [1.82, 2.24) is 4.98 Å². The molecule has 3 rings (SSSR count). The average Bonchev–Trinajstić information content (AvgIpc) is 2.82. The first-order chi connectivity index (χ1) is 9.57. The molecule has 106 valence electrons. The summed E-state index contributed by atoms with van der Waals surface area (Å²) in [4.78, 5) is 14.5. The molecule has 2 atom stereocenters. The van der Waals surface area contributed by atoms with E-state index in [1.165, 1.54) is 0 Å². The Labute approximate surface area is 116 Å². The van der Waals surface area contributed by atoms with E-state index >= 15 is 0 Å². The second-order valence-electron chi connectivity index (χ2n) is 5.30. The van der Waals surface area contributed by atoms with Crippen molar-refractivity contribution >= 4 is 16.9 Å². The Morgan fingerprint density at radius 1 is 1.55 bits per heavy atom. The smallest absolute Gasteiger partial charge is 0.306 e. The van der Waals surface area contributed by atoms with Gasteiger partial charge in [-0.25, -0.2) is 0 Å². The molecule has 2 heterocycles. The number of aromatic nitrogens is 1. The monoisotopic (exact) mass is 274 g/mol. The summed E-state index contributed by atoms with van der Waals surface area (Å²) in [5, 5.41) is 10.3. The first-order valence-electron chi connectivity index (χ1n) is 6.80. The predicted octanol–water partition coefficient (Wildman–Crippen LogP) is 2.28. The van der Waals surface area contributed by atoms with Crippen molar-refractivity contribution < 1.29 is 14.6 Å². The first-order valence-corrected chi connectivity index (χ1v) is 6.80. The quantitative estimate of drug-likeness (QED) is 0.801. The van der Waals surface area contributed by atoms with Crippen LogP contribution in [0.2, 0.25) is 0 Å². The maximum absolute atomic E-state index is 11.2. The van der Waals surface area contributed by atoms with Crippen LogP contribution in [0.5, 0.6) is 0 Å². The molecule has 0 fully saturated rings. The van der Waals surface area contributed by atoms with E-state index in [9.17, 15) is 9.90 Å². The van der Waals surface area contributed by atoms with Crippen LogP contribution in [0.4, 0.5) is 0 Å². The fourth-order valence-electron chi connectivity index (χ4n) is 3.10. The molecule has 2 unspecified atom stereocenters. The molecular weight excluding hydrogens is 256 g/mol. The number of hydrogen-bond donors (Lipinski definition) is 3. The van der Waals surface area contributed by atoms with E-state index in [0.29, 0.717) is 13.0 Å². The van der Waals surface area contributed by atoms with Crippen molar-refractivity contribution in [3.05, 3.63) is 35.5 Å². The van der Waals surface area contributed by atoms with Crippen molar-refractivity contribution in [1.29, 1.82) is 0 Å². The normalized spacial score (nSPS) is 25.6. The summed E-state index contributed by atoms with van der Waals surface area (Å²) in [5.74, 6) is -0.869. The Bertz CT molecular complexity index is 664. The van der Waals surface area contributed by atoms with Crippen LogP contribution in [0, 0.1) is 0 Å². The molecule has 20 heavy (non-hydrogen) atoms. The zero-order valence-electron chi connectivity index (χ0n) is 11.3. The molecule has 0 amide bonds. The minimum Gasteiger partial charge on any atom is -0.481 e. The number of aromatic amines is 1. The van der Waals surface area contributed by atoms with E-state index in [0.717, 1.165) is 22.2 Å². The van der Waals surface area contributed by atoms with Crippen molar-refractivity contribution in [3.63, 3.8) is 0 Å². The molecular formula is C15H18N2O3. The van der Waals surface area contributed by atoms with Gasteiger partial charge in [0.15, 0.2) is 0 Å². The highest BCUT2D eigenvalue weighted by molar-refractivity contribution is 5.86. The van der Waals surface area contributed by atoms with Crippen LogP contribution >= 0.6 is 0 Å². The van der Waals surface area contributed by atoms with Gasteiger partial charge in [0.1, 0.15) is 5.60 Å². The number of carboxylic acids is 1. The summed E-state index contributed by atoms with van der Waals surface area (Å²) in [7, 11) is 0. The molecule has 0 saturated carbocycles. The number of para-hydroxylation sites is 1. The molecule has 4 N–H and O–H groups in total. The standard InChI is InChI=1S/C15H18N2O3/c1-2-15(7-12(18)19)14-13(10(16)8-20-15)9-5-3-4-6-11(9)17-14/h3-6,10,17H,2,7-8,16H2,1H3,(H,18,19). The second-order valence-corrected chi connectivity index (χ2v) is 5.30. The maximum atomic E-state index is 11.2. The molecule has 0 bridgehead atoms. The van der Waals surface area contributed by atoms with Crippen LogP contribution in [-0.2, 0) is 15.1 Å². The molecule has 1 aromatic carbocycles. The van der Waals surface area contributed by atoms with Gasteiger partial charge in [-0.1, -0.05) is 25.1 Å². The van der Waals surface area contributed by atoms with Crippen molar-refractivity contribution in [2.45, 2.75) is 31.4 Å². The number of hydrogen-bond acceptors (Lipinski definition) is 3. The SMILES string of the molecule is CCC1(CC(=O)O)OCC(N)c2c1[nH]c1ccccc21. The molecule has 1 aromatic heterocycles. The van der Waals surface area contributed by atoms with Crippen LogP contribution in [0.15, 0.2) is 24.3 Å². The molecule has 1 aliphatic rings. The number of aliphatic carboxylic acids is 1. The summed E-state index contributed by atoms with van der Waals surface area (Å²) in [6.07, 6.45) is 0.530. The molecule has 5 heteroatoms. The van der Waals surface area contributed by atoms with E-state index in [4.69, 9.17) is 10.5 Å². The van der Waals surface area contributed by atoms with Crippen LogP contribution < -0.4 is 5.73 Å². The minimum atomic E-state index is -0.869. The lowest BCUT2D eigenvalue weighted by Crippen LogP contribution is -2.40. The van der Waals surface area contributed by atoms with E-state index in [1.807, 2.05) is 31.2 Å². The van der Waals surface area contributed by atoms with Crippen LogP contribution in [0.25, 0.3) is 10.9 Å². The van der Waals surface area contributed by atoms with Gasteiger partial charge in [-0.3, -0.25) is 4.79 Å². The van der Waals surface area contributed by atoms with Gasteiger partial charge in [0.05, 0.1) is 24.8 Å². The number of carboxylic acid groups (broad SMARTS) is 1. The van der Waals surface area contributed by atoms with E-state index in [1.54, 1.807) is 0 Å². The molecule has 2 aromatic rings. The highest BCUT2D eigenvalue weighted by atomic mass is 16.5. The maximum Gasteiger partial charge on any atom is 0.306 e. The zero-order valence-corrected chi connectivity index (χ0v) is 11.3. The van der Waals surface area contributed by atoms with Crippen LogP contribution in [0.3, 0.4) is 0 Å². The average molecular weight is 274 g/mol. The van der Waals surface area contributed by atoms with Crippen LogP contribution in [-0.4, -0.2) is 22.7 Å². The Hall–Kier alpha value is -1.85.